The van der Waals surface area contributed by atoms with Crippen LogP contribution < -0.4 is 11.1 Å². The van der Waals surface area contributed by atoms with Gasteiger partial charge in [0.2, 0.25) is 0 Å². The summed E-state index contributed by atoms with van der Waals surface area (Å²) in [6.45, 7) is 3.20. The Labute approximate surface area is 121 Å². The maximum absolute atomic E-state index is 5.58. The van der Waals surface area contributed by atoms with Gasteiger partial charge >= 0.3 is 0 Å². The summed E-state index contributed by atoms with van der Waals surface area (Å²) >= 11 is 10.3. The molecule has 3 N–H and O–H groups in total. The van der Waals surface area contributed by atoms with Crippen molar-refractivity contribution >= 4 is 50.6 Å². The summed E-state index contributed by atoms with van der Waals surface area (Å²) in [5.41, 5.74) is 7.54. The molecule has 5 heteroatoms. The van der Waals surface area contributed by atoms with Crippen LogP contribution in [0.3, 0.4) is 0 Å². The minimum Gasteiger partial charge on any atom is -0.389 e. The quantitative estimate of drug-likeness (QED) is 0.780. The fourth-order valence-electron chi connectivity index (χ4n) is 1.34. The van der Waals surface area contributed by atoms with E-state index in [0.29, 0.717) is 10.2 Å². The Morgan fingerprint density at radius 1 is 1.59 bits per heavy atom. The van der Waals surface area contributed by atoms with E-state index >= 15 is 0 Å². The molecule has 17 heavy (non-hydrogen) atoms. The highest BCUT2D eigenvalue weighted by atomic mass is 79.9. The first kappa shape index (κ1) is 14.8. The Hall–Kier alpha value is -0.260. The van der Waals surface area contributed by atoms with E-state index in [4.69, 9.17) is 18.0 Å². The van der Waals surface area contributed by atoms with Crippen LogP contribution in [0.5, 0.6) is 0 Å². The van der Waals surface area contributed by atoms with Gasteiger partial charge in [0.05, 0.1) is 0 Å². The molecule has 0 aliphatic rings. The number of hydrogen-bond donors (Lipinski definition) is 2. The van der Waals surface area contributed by atoms with Crippen molar-refractivity contribution in [3.8, 4) is 0 Å². The molecule has 0 fully saturated rings. The van der Waals surface area contributed by atoms with Crippen molar-refractivity contribution in [3.05, 3.63) is 28.2 Å². The summed E-state index contributed by atoms with van der Waals surface area (Å²) in [4.78, 5) is 0.424. The van der Waals surface area contributed by atoms with Crippen LogP contribution in [-0.2, 0) is 0 Å². The number of anilines is 1. The van der Waals surface area contributed by atoms with Crippen LogP contribution in [0.2, 0.25) is 0 Å². The van der Waals surface area contributed by atoms with E-state index in [1.165, 1.54) is 0 Å². The average molecular weight is 333 g/mol. The van der Waals surface area contributed by atoms with Gasteiger partial charge in [-0.15, -0.1) is 0 Å². The fraction of sp³-hybridized carbons (Fsp3) is 0.417. The monoisotopic (exact) mass is 332 g/mol. The maximum Gasteiger partial charge on any atom is 0.104 e. The van der Waals surface area contributed by atoms with E-state index in [1.54, 1.807) is 0 Å². The minimum atomic E-state index is 0.424. The molecule has 0 aliphatic heterocycles. The molecule has 2 nitrogen and oxygen atoms in total. The summed E-state index contributed by atoms with van der Waals surface area (Å²) in [5.74, 6) is 0. The van der Waals surface area contributed by atoms with Crippen molar-refractivity contribution in [2.45, 2.75) is 18.6 Å². The van der Waals surface area contributed by atoms with Gasteiger partial charge in [-0.3, -0.25) is 0 Å². The highest BCUT2D eigenvalue weighted by Crippen LogP contribution is 2.24. The zero-order chi connectivity index (χ0) is 12.8. The highest BCUT2D eigenvalue weighted by molar-refractivity contribution is 9.10. The number of halogens is 1. The van der Waals surface area contributed by atoms with E-state index in [2.05, 4.69) is 34.4 Å². The predicted molar refractivity (Wildman–Crippen MR) is 86.1 cm³/mol. The van der Waals surface area contributed by atoms with Crippen molar-refractivity contribution in [1.29, 1.82) is 0 Å². The zero-order valence-electron chi connectivity index (χ0n) is 10.00. The zero-order valence-corrected chi connectivity index (χ0v) is 13.2. The topological polar surface area (TPSA) is 38.0 Å². The molecular weight excluding hydrogens is 316 g/mol. The molecule has 0 bridgehead atoms. The lowest BCUT2D eigenvalue weighted by molar-refractivity contribution is 0.853. The third-order valence-electron chi connectivity index (χ3n) is 2.52. The number of rotatable bonds is 6. The molecule has 0 spiro atoms. The maximum atomic E-state index is 5.58. The number of nitrogens with one attached hydrogen (secondary N) is 1. The Kier molecular flexibility index (Phi) is 6.30. The molecule has 1 rings (SSSR count). The summed E-state index contributed by atoms with van der Waals surface area (Å²) in [6, 6.07) is 5.89. The molecule has 0 amide bonds. The van der Waals surface area contributed by atoms with E-state index in [0.717, 1.165) is 28.7 Å². The molecule has 0 radical (unpaired) electrons. The third-order valence-corrected chi connectivity index (χ3v) is 4.45. The molecule has 0 aliphatic carbocycles. The Morgan fingerprint density at radius 2 is 2.29 bits per heavy atom. The Morgan fingerprint density at radius 3 is 2.82 bits per heavy atom. The van der Waals surface area contributed by atoms with Crippen molar-refractivity contribution in [2.24, 2.45) is 5.73 Å². The molecule has 1 aromatic carbocycles. The molecule has 0 saturated carbocycles. The average Bonchev–Trinajstić information content (AvgIpc) is 2.30. The van der Waals surface area contributed by atoms with Gasteiger partial charge < -0.3 is 11.1 Å². The van der Waals surface area contributed by atoms with E-state index in [1.807, 2.05) is 30.0 Å². The van der Waals surface area contributed by atoms with Crippen LogP contribution in [0.25, 0.3) is 0 Å². The standard InChI is InChI=1S/C12H17BrN2S2/c1-8(17-2)5-6-15-11-4-3-9(12(14)16)7-10(11)13/h3-4,7-8,15H,5-6H2,1-2H3,(H2,14,16). The van der Waals surface area contributed by atoms with Crippen LogP contribution in [0.1, 0.15) is 18.9 Å². The van der Waals surface area contributed by atoms with Crippen LogP contribution >= 0.6 is 39.9 Å². The van der Waals surface area contributed by atoms with E-state index < -0.39 is 0 Å². The minimum absolute atomic E-state index is 0.424. The summed E-state index contributed by atoms with van der Waals surface area (Å²) in [7, 11) is 0. The number of benzene rings is 1. The molecule has 1 aromatic rings. The second kappa shape index (κ2) is 7.24. The summed E-state index contributed by atoms with van der Waals surface area (Å²) in [6.07, 6.45) is 3.28. The van der Waals surface area contributed by atoms with Gasteiger partial charge in [0.1, 0.15) is 4.99 Å². The van der Waals surface area contributed by atoms with Crippen LogP contribution in [0, 0.1) is 0 Å². The second-order valence-electron chi connectivity index (χ2n) is 3.82. The lowest BCUT2D eigenvalue weighted by Crippen LogP contribution is -2.11. The molecule has 0 saturated heterocycles. The van der Waals surface area contributed by atoms with Gasteiger partial charge in [-0.1, -0.05) is 19.1 Å². The van der Waals surface area contributed by atoms with Gasteiger partial charge in [0, 0.05) is 27.5 Å². The first-order chi connectivity index (χ1) is 8.04. The van der Waals surface area contributed by atoms with Gasteiger partial charge in [-0.2, -0.15) is 11.8 Å². The molecule has 1 atom stereocenters. The lowest BCUT2D eigenvalue weighted by Gasteiger charge is -2.12. The van der Waals surface area contributed by atoms with Crippen molar-refractivity contribution < 1.29 is 0 Å². The summed E-state index contributed by atoms with van der Waals surface area (Å²) in [5, 5.41) is 4.08. The molecule has 94 valence electrons. The SMILES string of the molecule is CSC(C)CCNc1ccc(C(N)=S)cc1Br. The Balaban J connectivity index is 2.57. The van der Waals surface area contributed by atoms with E-state index in [9.17, 15) is 0 Å². The smallest absolute Gasteiger partial charge is 0.104 e. The van der Waals surface area contributed by atoms with Gasteiger partial charge in [-0.25, -0.2) is 0 Å². The van der Waals surface area contributed by atoms with Gasteiger partial charge in [-0.05, 0) is 46.8 Å². The first-order valence-corrected chi connectivity index (χ1v) is 7.89. The van der Waals surface area contributed by atoms with Gasteiger partial charge in [0.25, 0.3) is 0 Å². The highest BCUT2D eigenvalue weighted by Gasteiger charge is 2.04. The molecule has 0 heterocycles. The molecule has 1 unspecified atom stereocenters. The van der Waals surface area contributed by atoms with Crippen molar-refractivity contribution in [2.75, 3.05) is 18.1 Å². The van der Waals surface area contributed by atoms with Crippen molar-refractivity contribution in [1.82, 2.24) is 0 Å². The number of thiocarbonyl (C=S) groups is 1. The molecule has 0 aromatic heterocycles. The largest absolute Gasteiger partial charge is 0.389 e. The van der Waals surface area contributed by atoms with Gasteiger partial charge in [0.15, 0.2) is 0 Å². The first-order valence-electron chi connectivity index (χ1n) is 5.40. The fourth-order valence-corrected chi connectivity index (χ4v) is 2.34. The lowest BCUT2D eigenvalue weighted by atomic mass is 10.2. The number of thioether (sulfide) groups is 1. The van der Waals surface area contributed by atoms with Crippen LogP contribution in [0.15, 0.2) is 22.7 Å². The van der Waals surface area contributed by atoms with E-state index in [-0.39, 0.29) is 0 Å². The normalized spacial score (nSPS) is 12.2. The predicted octanol–water partition coefficient (Wildman–Crippen LogP) is 3.64. The molecular formula is C12H17BrN2S2. The second-order valence-corrected chi connectivity index (χ2v) is 6.39. The van der Waals surface area contributed by atoms with Crippen LogP contribution in [0.4, 0.5) is 5.69 Å². The Bertz CT molecular complexity index is 396. The third kappa shape index (κ3) is 4.85. The van der Waals surface area contributed by atoms with Crippen LogP contribution in [-0.4, -0.2) is 23.0 Å². The van der Waals surface area contributed by atoms with Crippen molar-refractivity contribution in [3.63, 3.8) is 0 Å². The number of hydrogen-bond acceptors (Lipinski definition) is 3. The summed E-state index contributed by atoms with van der Waals surface area (Å²) < 4.78 is 1.000. The number of nitrogens with two attached hydrogens (primary N) is 1.